The Labute approximate surface area is 78.8 Å². The van der Waals surface area contributed by atoms with E-state index < -0.39 is 0 Å². The van der Waals surface area contributed by atoms with E-state index in [9.17, 15) is 0 Å². The average Bonchev–Trinajstić information content (AvgIpc) is 2.47. The first kappa shape index (κ1) is 8.36. The molecule has 0 saturated heterocycles. The third-order valence-corrected chi connectivity index (χ3v) is 2.42. The molecule has 1 heteroatoms. The lowest BCUT2D eigenvalue weighted by atomic mass is 9.87. The van der Waals surface area contributed by atoms with Gasteiger partial charge in [0, 0.05) is 11.7 Å². The third-order valence-electron chi connectivity index (χ3n) is 2.42. The summed E-state index contributed by atoms with van der Waals surface area (Å²) in [6.45, 7) is 6.70. The van der Waals surface area contributed by atoms with Crippen LogP contribution >= 0.6 is 0 Å². The highest BCUT2D eigenvalue weighted by molar-refractivity contribution is 5.80. The predicted octanol–water partition coefficient (Wildman–Crippen LogP) is 3.47. The van der Waals surface area contributed by atoms with Crippen molar-refractivity contribution >= 4 is 10.9 Å². The van der Waals surface area contributed by atoms with Crippen LogP contribution in [0.4, 0.5) is 0 Å². The molecule has 0 saturated carbocycles. The van der Waals surface area contributed by atoms with Crippen LogP contribution in [0.2, 0.25) is 0 Å². The molecule has 0 bridgehead atoms. The topological polar surface area (TPSA) is 15.8 Å². The van der Waals surface area contributed by atoms with Gasteiger partial charge in [0.05, 0.1) is 0 Å². The summed E-state index contributed by atoms with van der Waals surface area (Å²) in [5.41, 5.74) is 2.84. The number of H-pyrrole nitrogens is 1. The molecule has 1 N–H and O–H groups in total. The molecule has 1 aromatic heterocycles. The maximum atomic E-state index is 3.23. The van der Waals surface area contributed by atoms with Crippen LogP contribution in [0.3, 0.4) is 0 Å². The molecule has 0 aliphatic heterocycles. The highest BCUT2D eigenvalue weighted by atomic mass is 14.7. The summed E-state index contributed by atoms with van der Waals surface area (Å²) in [5.74, 6) is 0. The Bertz CT molecular complexity index is 418. The van der Waals surface area contributed by atoms with Crippen LogP contribution in [0.1, 0.15) is 26.3 Å². The zero-order valence-electron chi connectivity index (χ0n) is 8.39. The van der Waals surface area contributed by atoms with Crippen molar-refractivity contribution in [3.8, 4) is 0 Å². The van der Waals surface area contributed by atoms with Gasteiger partial charge in [0.2, 0.25) is 0 Å². The SMILES string of the molecule is CC(C)(C)c1ccc2cc[nH]c2c1. The minimum atomic E-state index is 0.235. The number of hydrogen-bond acceptors (Lipinski definition) is 0. The zero-order chi connectivity index (χ0) is 9.47. The summed E-state index contributed by atoms with van der Waals surface area (Å²) >= 11 is 0. The Morgan fingerprint density at radius 1 is 1.08 bits per heavy atom. The summed E-state index contributed by atoms with van der Waals surface area (Å²) in [5, 5.41) is 1.29. The number of fused-ring (bicyclic) bond motifs is 1. The van der Waals surface area contributed by atoms with Gasteiger partial charge in [-0.15, -0.1) is 0 Å². The Hall–Kier alpha value is -1.24. The fourth-order valence-electron chi connectivity index (χ4n) is 1.51. The van der Waals surface area contributed by atoms with Gasteiger partial charge < -0.3 is 4.98 Å². The first-order chi connectivity index (χ1) is 6.07. The highest BCUT2D eigenvalue weighted by Gasteiger charge is 2.13. The molecule has 0 radical (unpaired) electrons. The van der Waals surface area contributed by atoms with E-state index in [0.29, 0.717) is 0 Å². The second-order valence-electron chi connectivity index (χ2n) is 4.53. The molecule has 68 valence electrons. The van der Waals surface area contributed by atoms with Crippen molar-refractivity contribution in [1.82, 2.24) is 4.98 Å². The molecule has 0 fully saturated rings. The van der Waals surface area contributed by atoms with Gasteiger partial charge in [-0.05, 0) is 28.5 Å². The highest BCUT2D eigenvalue weighted by Crippen LogP contribution is 2.25. The summed E-state index contributed by atoms with van der Waals surface area (Å²) in [6, 6.07) is 8.71. The van der Waals surface area contributed by atoms with Crippen molar-refractivity contribution in [2.75, 3.05) is 0 Å². The van der Waals surface area contributed by atoms with E-state index in [0.717, 1.165) is 0 Å². The van der Waals surface area contributed by atoms with Crippen molar-refractivity contribution in [2.24, 2.45) is 0 Å². The van der Waals surface area contributed by atoms with Gasteiger partial charge in [0.25, 0.3) is 0 Å². The van der Waals surface area contributed by atoms with Crippen LogP contribution in [0.15, 0.2) is 30.5 Å². The first-order valence-corrected chi connectivity index (χ1v) is 4.65. The zero-order valence-corrected chi connectivity index (χ0v) is 8.39. The normalized spacial score (nSPS) is 12.2. The summed E-state index contributed by atoms with van der Waals surface area (Å²) in [7, 11) is 0. The van der Waals surface area contributed by atoms with Crippen molar-refractivity contribution < 1.29 is 0 Å². The van der Waals surface area contributed by atoms with Crippen LogP contribution in [0.25, 0.3) is 10.9 Å². The van der Waals surface area contributed by atoms with Crippen LogP contribution in [0, 0.1) is 0 Å². The largest absolute Gasteiger partial charge is 0.361 e. The molecule has 0 aliphatic carbocycles. The quantitative estimate of drug-likeness (QED) is 0.628. The average molecular weight is 173 g/mol. The molecule has 0 aliphatic rings. The predicted molar refractivity (Wildman–Crippen MR) is 57.0 cm³/mol. The standard InChI is InChI=1S/C12H15N/c1-12(2,3)10-5-4-9-6-7-13-11(9)8-10/h4-8,13H,1-3H3. The molecular weight excluding hydrogens is 158 g/mol. The molecule has 0 atom stereocenters. The molecule has 1 aromatic carbocycles. The molecule has 1 nitrogen and oxygen atoms in total. The molecule has 1 heterocycles. The van der Waals surface area contributed by atoms with E-state index in [4.69, 9.17) is 0 Å². The fourth-order valence-corrected chi connectivity index (χ4v) is 1.51. The van der Waals surface area contributed by atoms with Gasteiger partial charge in [-0.2, -0.15) is 0 Å². The molecule has 0 amide bonds. The van der Waals surface area contributed by atoms with Crippen molar-refractivity contribution in [3.05, 3.63) is 36.0 Å². The van der Waals surface area contributed by atoms with Crippen molar-refractivity contribution in [2.45, 2.75) is 26.2 Å². The second-order valence-corrected chi connectivity index (χ2v) is 4.53. The van der Waals surface area contributed by atoms with Crippen LogP contribution in [0.5, 0.6) is 0 Å². The van der Waals surface area contributed by atoms with Gasteiger partial charge >= 0.3 is 0 Å². The number of aromatic amines is 1. The Kier molecular flexibility index (Phi) is 1.69. The van der Waals surface area contributed by atoms with Crippen molar-refractivity contribution in [3.63, 3.8) is 0 Å². The van der Waals surface area contributed by atoms with E-state index in [1.807, 2.05) is 6.20 Å². The number of aromatic nitrogens is 1. The van der Waals surface area contributed by atoms with Gasteiger partial charge in [0.15, 0.2) is 0 Å². The molecule has 2 rings (SSSR count). The van der Waals surface area contributed by atoms with E-state index in [1.165, 1.54) is 16.5 Å². The van der Waals surface area contributed by atoms with Crippen LogP contribution < -0.4 is 0 Å². The van der Waals surface area contributed by atoms with E-state index >= 15 is 0 Å². The monoisotopic (exact) mass is 173 g/mol. The smallest absolute Gasteiger partial charge is 0.0456 e. The summed E-state index contributed by atoms with van der Waals surface area (Å²) in [4.78, 5) is 3.23. The third kappa shape index (κ3) is 1.46. The maximum Gasteiger partial charge on any atom is 0.0456 e. The lowest BCUT2D eigenvalue weighted by molar-refractivity contribution is 0.591. The van der Waals surface area contributed by atoms with Crippen LogP contribution in [-0.4, -0.2) is 4.98 Å². The molecule has 2 aromatic rings. The Morgan fingerprint density at radius 3 is 2.54 bits per heavy atom. The van der Waals surface area contributed by atoms with Crippen LogP contribution in [-0.2, 0) is 5.41 Å². The second kappa shape index (κ2) is 2.63. The maximum absolute atomic E-state index is 3.23. The Balaban J connectivity index is 2.61. The molecule has 0 spiro atoms. The first-order valence-electron chi connectivity index (χ1n) is 4.65. The minimum Gasteiger partial charge on any atom is -0.361 e. The number of hydrogen-bond donors (Lipinski definition) is 1. The molecule has 0 unspecified atom stereocenters. The number of rotatable bonds is 0. The minimum absolute atomic E-state index is 0.235. The van der Waals surface area contributed by atoms with Gasteiger partial charge in [-0.25, -0.2) is 0 Å². The van der Waals surface area contributed by atoms with Gasteiger partial charge in [-0.1, -0.05) is 32.9 Å². The summed E-state index contributed by atoms with van der Waals surface area (Å²) in [6.07, 6.45) is 1.98. The number of benzene rings is 1. The lowest BCUT2D eigenvalue weighted by Gasteiger charge is -2.18. The molecular formula is C12H15N. The molecule has 13 heavy (non-hydrogen) atoms. The van der Waals surface area contributed by atoms with Crippen molar-refractivity contribution in [1.29, 1.82) is 0 Å². The van der Waals surface area contributed by atoms with Gasteiger partial charge in [-0.3, -0.25) is 0 Å². The van der Waals surface area contributed by atoms with E-state index in [1.54, 1.807) is 0 Å². The fraction of sp³-hybridized carbons (Fsp3) is 0.333. The van der Waals surface area contributed by atoms with E-state index in [-0.39, 0.29) is 5.41 Å². The van der Waals surface area contributed by atoms with Gasteiger partial charge in [0.1, 0.15) is 0 Å². The Morgan fingerprint density at radius 2 is 1.85 bits per heavy atom. The number of nitrogens with one attached hydrogen (secondary N) is 1. The summed E-state index contributed by atoms with van der Waals surface area (Å²) < 4.78 is 0. The van der Waals surface area contributed by atoms with E-state index in [2.05, 4.69) is 50.0 Å². The lowest BCUT2D eigenvalue weighted by Crippen LogP contribution is -2.10.